The molecule has 0 aromatic heterocycles. The lowest BCUT2D eigenvalue weighted by Crippen LogP contribution is -2.41. The second kappa shape index (κ2) is 10.6. The first-order chi connectivity index (χ1) is 12.1. The number of rotatable bonds is 9. The van der Waals surface area contributed by atoms with Gasteiger partial charge < -0.3 is 14.5 Å². The summed E-state index contributed by atoms with van der Waals surface area (Å²) in [5.74, 6) is 0.868. The van der Waals surface area contributed by atoms with Crippen molar-refractivity contribution in [3.05, 3.63) is 35.4 Å². The van der Waals surface area contributed by atoms with Gasteiger partial charge >= 0.3 is 0 Å². The third-order valence-electron chi connectivity index (χ3n) is 5.40. The molecule has 0 bridgehead atoms. The first kappa shape index (κ1) is 19.9. The molecule has 0 unspecified atom stereocenters. The Morgan fingerprint density at radius 3 is 2.64 bits per heavy atom. The lowest BCUT2D eigenvalue weighted by molar-refractivity contribution is -0.132. The highest BCUT2D eigenvalue weighted by Gasteiger charge is 2.22. The maximum absolute atomic E-state index is 12.2. The lowest BCUT2D eigenvalue weighted by Gasteiger charge is -2.34. The smallest absolute Gasteiger partial charge is 0.224 e. The van der Waals surface area contributed by atoms with Crippen molar-refractivity contribution in [3.8, 4) is 0 Å². The summed E-state index contributed by atoms with van der Waals surface area (Å²) < 4.78 is 5.03. The van der Waals surface area contributed by atoms with E-state index in [1.165, 1.54) is 24.0 Å². The Morgan fingerprint density at radius 2 is 2.00 bits per heavy atom. The van der Waals surface area contributed by atoms with Crippen molar-refractivity contribution in [2.45, 2.75) is 39.5 Å². The molecule has 0 N–H and O–H groups in total. The van der Waals surface area contributed by atoms with Gasteiger partial charge in [0, 0.05) is 26.7 Å². The minimum atomic E-state index is 0.228. The van der Waals surface area contributed by atoms with Crippen molar-refractivity contribution >= 4 is 5.91 Å². The maximum Gasteiger partial charge on any atom is 0.224 e. The van der Waals surface area contributed by atoms with Crippen LogP contribution in [0.15, 0.2) is 24.3 Å². The van der Waals surface area contributed by atoms with Gasteiger partial charge in [0.15, 0.2) is 0 Å². The van der Waals surface area contributed by atoms with Crippen LogP contribution >= 0.6 is 0 Å². The number of likely N-dealkylation sites (tertiary alicyclic amines) is 1. The molecule has 1 amide bonds. The molecule has 1 heterocycles. The van der Waals surface area contributed by atoms with Crippen LogP contribution in [-0.2, 0) is 16.0 Å². The van der Waals surface area contributed by atoms with Gasteiger partial charge in [-0.15, -0.1) is 0 Å². The summed E-state index contributed by atoms with van der Waals surface area (Å²) >= 11 is 0. The summed E-state index contributed by atoms with van der Waals surface area (Å²) in [6.07, 6.45) is 4.02. The standard InChI is InChI=1S/C21H34N2O2/c1-4-23(21(24)12-16-25-3)17-19-9-13-22(14-10-19)15-11-20-8-6-5-7-18(20)2/h5-8,19H,4,9-17H2,1-3H3. The lowest BCUT2D eigenvalue weighted by atomic mass is 9.95. The van der Waals surface area contributed by atoms with Crippen LogP contribution in [0.4, 0.5) is 0 Å². The third kappa shape index (κ3) is 6.44. The van der Waals surface area contributed by atoms with Gasteiger partial charge in [0.1, 0.15) is 0 Å². The molecular formula is C21H34N2O2. The first-order valence-electron chi connectivity index (χ1n) is 9.67. The predicted molar refractivity (Wildman–Crippen MR) is 103 cm³/mol. The number of amides is 1. The summed E-state index contributed by atoms with van der Waals surface area (Å²) in [7, 11) is 1.65. The van der Waals surface area contributed by atoms with Gasteiger partial charge in [0.05, 0.1) is 13.0 Å². The van der Waals surface area contributed by atoms with E-state index in [9.17, 15) is 4.79 Å². The van der Waals surface area contributed by atoms with E-state index in [-0.39, 0.29) is 5.91 Å². The summed E-state index contributed by atoms with van der Waals surface area (Å²) in [6, 6.07) is 8.68. The van der Waals surface area contributed by atoms with E-state index in [4.69, 9.17) is 4.74 Å². The number of carbonyl (C=O) groups is 1. The van der Waals surface area contributed by atoms with Crippen LogP contribution in [0.5, 0.6) is 0 Å². The van der Waals surface area contributed by atoms with E-state index in [1.54, 1.807) is 7.11 Å². The predicted octanol–water partition coefficient (Wildman–Crippen LogP) is 3.13. The molecule has 1 aliphatic heterocycles. The fraction of sp³-hybridized carbons (Fsp3) is 0.667. The highest BCUT2D eigenvalue weighted by molar-refractivity contribution is 5.76. The van der Waals surface area contributed by atoms with Gasteiger partial charge in [0.2, 0.25) is 5.91 Å². The van der Waals surface area contributed by atoms with Gasteiger partial charge in [-0.2, -0.15) is 0 Å². The molecule has 0 radical (unpaired) electrons. The molecule has 4 nitrogen and oxygen atoms in total. The Hall–Kier alpha value is -1.39. The van der Waals surface area contributed by atoms with Crippen molar-refractivity contribution < 1.29 is 9.53 Å². The fourth-order valence-electron chi connectivity index (χ4n) is 3.63. The zero-order valence-electron chi connectivity index (χ0n) is 16.2. The molecule has 0 aliphatic carbocycles. The van der Waals surface area contributed by atoms with Crippen LogP contribution in [0.25, 0.3) is 0 Å². The van der Waals surface area contributed by atoms with Crippen LogP contribution in [0.2, 0.25) is 0 Å². The largest absolute Gasteiger partial charge is 0.384 e. The molecule has 0 saturated carbocycles. The highest BCUT2D eigenvalue weighted by atomic mass is 16.5. The van der Waals surface area contributed by atoms with Gasteiger partial charge in [-0.25, -0.2) is 0 Å². The van der Waals surface area contributed by atoms with E-state index < -0.39 is 0 Å². The van der Waals surface area contributed by atoms with Gasteiger partial charge in [-0.1, -0.05) is 24.3 Å². The van der Waals surface area contributed by atoms with Crippen molar-refractivity contribution in [1.82, 2.24) is 9.80 Å². The minimum absolute atomic E-state index is 0.228. The number of aryl methyl sites for hydroxylation is 1. The van der Waals surface area contributed by atoms with Crippen molar-refractivity contribution in [2.24, 2.45) is 5.92 Å². The number of piperidine rings is 1. The van der Waals surface area contributed by atoms with Gasteiger partial charge in [0.25, 0.3) is 0 Å². The molecule has 1 aromatic carbocycles. The van der Waals surface area contributed by atoms with Crippen molar-refractivity contribution in [3.63, 3.8) is 0 Å². The Kier molecular flexibility index (Phi) is 8.42. The Balaban J connectivity index is 1.71. The first-order valence-corrected chi connectivity index (χ1v) is 9.67. The fourth-order valence-corrected chi connectivity index (χ4v) is 3.63. The van der Waals surface area contributed by atoms with E-state index in [0.717, 1.165) is 39.1 Å². The zero-order valence-corrected chi connectivity index (χ0v) is 16.2. The molecule has 1 aliphatic rings. The van der Waals surface area contributed by atoms with Crippen LogP contribution in [0.3, 0.4) is 0 Å². The number of nitrogens with zero attached hydrogens (tertiary/aromatic N) is 2. The molecule has 0 spiro atoms. The molecule has 25 heavy (non-hydrogen) atoms. The molecule has 0 atom stereocenters. The number of carbonyl (C=O) groups excluding carboxylic acids is 1. The number of ether oxygens (including phenoxy) is 1. The average Bonchev–Trinajstić information content (AvgIpc) is 2.64. The Labute approximate surface area is 153 Å². The minimum Gasteiger partial charge on any atom is -0.384 e. The quantitative estimate of drug-likeness (QED) is 0.689. The third-order valence-corrected chi connectivity index (χ3v) is 5.40. The Bertz CT molecular complexity index is 524. The molecule has 1 saturated heterocycles. The van der Waals surface area contributed by atoms with Gasteiger partial charge in [-0.05, 0) is 63.2 Å². The monoisotopic (exact) mass is 346 g/mol. The maximum atomic E-state index is 12.2. The summed E-state index contributed by atoms with van der Waals surface area (Å²) in [5, 5.41) is 0. The molecule has 140 valence electrons. The van der Waals surface area contributed by atoms with E-state index in [2.05, 4.69) is 43.0 Å². The summed E-state index contributed by atoms with van der Waals surface area (Å²) in [5.41, 5.74) is 2.86. The zero-order chi connectivity index (χ0) is 18.1. The van der Waals surface area contributed by atoms with Crippen LogP contribution < -0.4 is 0 Å². The van der Waals surface area contributed by atoms with E-state index >= 15 is 0 Å². The SMILES string of the molecule is CCN(CC1CCN(CCc2ccccc2C)CC1)C(=O)CCOC. The average molecular weight is 347 g/mol. The number of hydrogen-bond acceptors (Lipinski definition) is 3. The molecule has 1 aromatic rings. The van der Waals surface area contributed by atoms with Crippen molar-refractivity contribution in [1.29, 1.82) is 0 Å². The van der Waals surface area contributed by atoms with Gasteiger partial charge in [-0.3, -0.25) is 4.79 Å². The summed E-state index contributed by atoms with van der Waals surface area (Å²) in [4.78, 5) is 16.8. The van der Waals surface area contributed by atoms with Crippen LogP contribution in [0, 0.1) is 12.8 Å². The second-order valence-electron chi connectivity index (χ2n) is 7.14. The number of methoxy groups -OCH3 is 1. The molecular weight excluding hydrogens is 312 g/mol. The topological polar surface area (TPSA) is 32.8 Å². The molecule has 2 rings (SSSR count). The number of hydrogen-bond donors (Lipinski definition) is 0. The highest BCUT2D eigenvalue weighted by Crippen LogP contribution is 2.19. The van der Waals surface area contributed by atoms with Crippen LogP contribution in [-0.4, -0.2) is 62.1 Å². The molecule has 1 fully saturated rings. The van der Waals surface area contributed by atoms with Crippen molar-refractivity contribution in [2.75, 3.05) is 46.4 Å². The van der Waals surface area contributed by atoms with E-state index in [0.29, 0.717) is 18.9 Å². The summed E-state index contributed by atoms with van der Waals surface area (Å²) in [6.45, 7) is 9.94. The van der Waals surface area contributed by atoms with E-state index in [1.807, 2.05) is 4.90 Å². The Morgan fingerprint density at radius 1 is 1.28 bits per heavy atom. The molecule has 4 heteroatoms. The normalized spacial score (nSPS) is 16.1. The number of benzene rings is 1. The second-order valence-corrected chi connectivity index (χ2v) is 7.14. The van der Waals surface area contributed by atoms with Crippen LogP contribution in [0.1, 0.15) is 37.3 Å².